The molecule has 0 unspecified atom stereocenters. The van der Waals surface area contributed by atoms with Crippen molar-refractivity contribution in [2.75, 3.05) is 172 Å². The summed E-state index contributed by atoms with van der Waals surface area (Å²) in [6.45, 7) is 19.3. The van der Waals surface area contributed by atoms with E-state index in [9.17, 15) is 9.59 Å². The van der Waals surface area contributed by atoms with Crippen LogP contribution in [0.5, 0.6) is 0 Å². The molecule has 0 bridgehead atoms. The molecule has 2 N–H and O–H groups in total. The number of ether oxygens (including phenoxy) is 12. The van der Waals surface area contributed by atoms with Crippen LogP contribution in [0.4, 0.5) is 0 Å². The Kier molecular flexibility index (Phi) is 36.0. The molecule has 372 valence electrons. The summed E-state index contributed by atoms with van der Waals surface area (Å²) < 4.78 is 73.4. The van der Waals surface area contributed by atoms with E-state index in [4.69, 9.17) is 66.4 Å². The minimum atomic E-state index is -2.55. The van der Waals surface area contributed by atoms with Gasteiger partial charge in [-0.1, -0.05) is 81.4 Å². The number of rotatable bonds is 46. The number of benzene rings is 2. The van der Waals surface area contributed by atoms with Gasteiger partial charge in [0.05, 0.1) is 165 Å². The Bertz CT molecular complexity index is 1350. The summed E-state index contributed by atoms with van der Waals surface area (Å²) in [4.78, 5) is 21.8. The Morgan fingerprint density at radius 3 is 0.985 bits per heavy atom. The van der Waals surface area contributed by atoms with Crippen LogP contribution >= 0.6 is 0 Å². The number of nitrogens with one attached hydrogen (secondary N) is 1. The molecule has 18 heteroatoms. The molecule has 0 fully saturated rings. The fourth-order valence-electron chi connectivity index (χ4n) is 6.25. The van der Waals surface area contributed by atoms with Crippen LogP contribution in [-0.4, -0.2) is 197 Å². The zero-order chi connectivity index (χ0) is 46.8. The van der Waals surface area contributed by atoms with Crippen molar-refractivity contribution in [3.05, 3.63) is 60.7 Å². The Hall–Kier alpha value is -2.92. The van der Waals surface area contributed by atoms with E-state index in [2.05, 4.69) is 74.6 Å². The first-order valence-electron chi connectivity index (χ1n) is 22.9. The highest BCUT2D eigenvalue weighted by Crippen LogP contribution is 2.36. The Labute approximate surface area is 388 Å². The van der Waals surface area contributed by atoms with Crippen LogP contribution in [0.15, 0.2) is 60.7 Å². The highest BCUT2D eigenvalue weighted by atomic mass is 28.4. The number of hydrogen-bond donors (Lipinski definition) is 2. The number of carbonyl (C=O) groups excluding carboxylic acids is 1. The van der Waals surface area contributed by atoms with Gasteiger partial charge >= 0.3 is 5.97 Å². The lowest BCUT2D eigenvalue weighted by Crippen LogP contribution is -2.66. The molecule has 0 spiro atoms. The quantitative estimate of drug-likeness (QED) is 0.0728. The predicted octanol–water partition coefficient (Wildman–Crippen LogP) is 3.13. The van der Waals surface area contributed by atoms with Crippen molar-refractivity contribution in [2.45, 2.75) is 45.1 Å². The summed E-state index contributed by atoms with van der Waals surface area (Å²) in [6.07, 6.45) is 0.467. The lowest BCUT2D eigenvalue weighted by Gasteiger charge is -2.43. The van der Waals surface area contributed by atoms with Gasteiger partial charge in [-0.15, -0.1) is 0 Å². The van der Waals surface area contributed by atoms with Gasteiger partial charge < -0.3 is 71.7 Å². The number of carbonyl (C=O) groups is 2. The monoisotopic (exact) mass is 942 g/mol. The molecule has 17 nitrogen and oxygen atoms in total. The smallest absolute Gasteiger partial charge is 0.303 e. The van der Waals surface area contributed by atoms with E-state index >= 15 is 0 Å². The van der Waals surface area contributed by atoms with Crippen molar-refractivity contribution in [1.29, 1.82) is 0 Å². The molecule has 2 aromatic rings. The lowest BCUT2D eigenvalue weighted by molar-refractivity contribution is -0.138. The standard InChI is InChI=1S/C47H79NO16Si/c1-47(2,3)65(43-11-6-4-7-12-43,44-13-8-5-9-14-44)64-42-41-63-40-39-62-38-37-61-36-35-60-34-33-59-32-31-58-30-29-57-28-27-56-26-25-55-24-23-54-22-21-53-20-19-52-18-10-17-48-45(49)15-16-46(50)51/h4-9,11-14H,10,15-42H2,1-3H3,(H,48,49)(H,50,51). The first kappa shape index (κ1) is 58.2. The molecule has 0 aliphatic heterocycles. The van der Waals surface area contributed by atoms with Crippen LogP contribution in [0.3, 0.4) is 0 Å². The lowest BCUT2D eigenvalue weighted by atomic mass is 10.2. The molecule has 0 aromatic heterocycles. The topological polar surface area (TPSA) is 186 Å². The van der Waals surface area contributed by atoms with Crippen LogP contribution < -0.4 is 15.7 Å². The summed E-state index contributed by atoms with van der Waals surface area (Å²) >= 11 is 0. The maximum atomic E-state index is 11.4. The van der Waals surface area contributed by atoms with Gasteiger partial charge in [-0.25, -0.2) is 0 Å². The van der Waals surface area contributed by atoms with Gasteiger partial charge in [0.25, 0.3) is 8.32 Å². The van der Waals surface area contributed by atoms with E-state index in [0.29, 0.717) is 178 Å². The number of carboxylic acid groups (broad SMARTS) is 1. The first-order chi connectivity index (χ1) is 31.8. The molecule has 65 heavy (non-hydrogen) atoms. The van der Waals surface area contributed by atoms with E-state index in [1.54, 1.807) is 0 Å². The summed E-state index contributed by atoms with van der Waals surface area (Å²) in [5.41, 5.74) is 0. The molecule has 0 heterocycles. The fraction of sp³-hybridized carbons (Fsp3) is 0.702. The van der Waals surface area contributed by atoms with Crippen molar-refractivity contribution in [1.82, 2.24) is 5.32 Å². The van der Waals surface area contributed by atoms with Gasteiger partial charge in [0.15, 0.2) is 0 Å². The van der Waals surface area contributed by atoms with Gasteiger partial charge in [-0.05, 0) is 21.8 Å². The van der Waals surface area contributed by atoms with E-state index < -0.39 is 14.3 Å². The van der Waals surface area contributed by atoms with Gasteiger partial charge in [0, 0.05) is 19.6 Å². The third kappa shape index (κ3) is 30.2. The van der Waals surface area contributed by atoms with Crippen molar-refractivity contribution in [3.8, 4) is 0 Å². The first-order valence-corrected chi connectivity index (χ1v) is 24.8. The molecule has 0 saturated heterocycles. The van der Waals surface area contributed by atoms with Crippen molar-refractivity contribution >= 4 is 30.6 Å². The Balaban J connectivity index is 1.23. The minimum absolute atomic E-state index is 0.0135. The average molecular weight is 942 g/mol. The van der Waals surface area contributed by atoms with Crippen molar-refractivity contribution < 1.29 is 76.0 Å². The van der Waals surface area contributed by atoms with E-state index in [0.717, 1.165) is 0 Å². The van der Waals surface area contributed by atoms with E-state index in [1.807, 2.05) is 12.1 Å². The van der Waals surface area contributed by atoms with Gasteiger partial charge in [-0.2, -0.15) is 0 Å². The number of hydrogen-bond acceptors (Lipinski definition) is 15. The van der Waals surface area contributed by atoms with Crippen LogP contribution in [0, 0.1) is 0 Å². The largest absolute Gasteiger partial charge is 0.481 e. The number of amides is 1. The zero-order valence-electron chi connectivity index (χ0n) is 39.4. The molecule has 2 aromatic carbocycles. The second-order valence-electron chi connectivity index (χ2n) is 15.5. The molecule has 0 radical (unpaired) electrons. The fourth-order valence-corrected chi connectivity index (χ4v) is 10.8. The normalized spacial score (nSPS) is 11.9. The number of aliphatic carboxylic acids is 1. The van der Waals surface area contributed by atoms with Crippen molar-refractivity contribution in [3.63, 3.8) is 0 Å². The third-order valence-electron chi connectivity index (χ3n) is 9.41. The maximum Gasteiger partial charge on any atom is 0.303 e. The van der Waals surface area contributed by atoms with Gasteiger partial charge in [-0.3, -0.25) is 9.59 Å². The summed E-state index contributed by atoms with van der Waals surface area (Å²) in [5, 5.41) is 13.7. The van der Waals surface area contributed by atoms with Crippen LogP contribution in [0.25, 0.3) is 0 Å². The van der Waals surface area contributed by atoms with Crippen molar-refractivity contribution in [2.24, 2.45) is 0 Å². The second-order valence-corrected chi connectivity index (χ2v) is 19.8. The predicted molar refractivity (Wildman–Crippen MR) is 248 cm³/mol. The molecule has 1 amide bonds. The Morgan fingerprint density at radius 1 is 0.431 bits per heavy atom. The van der Waals surface area contributed by atoms with Gasteiger partial charge in [0.1, 0.15) is 0 Å². The average Bonchev–Trinajstić information content (AvgIpc) is 3.30. The Morgan fingerprint density at radius 2 is 0.708 bits per heavy atom. The highest BCUT2D eigenvalue weighted by molar-refractivity contribution is 6.99. The zero-order valence-corrected chi connectivity index (χ0v) is 40.4. The second kappa shape index (κ2) is 40.2. The van der Waals surface area contributed by atoms with E-state index in [-0.39, 0.29) is 23.8 Å². The molecule has 2 rings (SSSR count). The highest BCUT2D eigenvalue weighted by Gasteiger charge is 2.50. The third-order valence-corrected chi connectivity index (χ3v) is 14.5. The van der Waals surface area contributed by atoms with Crippen LogP contribution in [0.1, 0.15) is 40.0 Å². The molecule has 0 saturated carbocycles. The molecule has 0 atom stereocenters. The SMILES string of the molecule is CC(C)(C)[Si](OCCOCCOCCOCCOCCOCCOCCOCCOCCOCCOCCOCCOCCCNC(=O)CCC(=O)O)(c1ccccc1)c1ccccc1. The molecular weight excluding hydrogens is 863 g/mol. The molecule has 0 aliphatic rings. The molecule has 0 aliphatic carbocycles. The number of carboxylic acids is 1. The van der Waals surface area contributed by atoms with Crippen LogP contribution in [-0.2, 0) is 70.9 Å². The summed E-state index contributed by atoms with van der Waals surface area (Å²) in [6, 6.07) is 21.2. The molecular formula is C47H79NO16Si. The maximum absolute atomic E-state index is 11.4. The minimum Gasteiger partial charge on any atom is -0.481 e. The summed E-state index contributed by atoms with van der Waals surface area (Å²) in [7, 11) is -2.55. The van der Waals surface area contributed by atoms with Gasteiger partial charge in [0.2, 0.25) is 5.91 Å². The van der Waals surface area contributed by atoms with E-state index in [1.165, 1.54) is 10.4 Å². The summed E-state index contributed by atoms with van der Waals surface area (Å²) in [5.74, 6) is -1.25. The van der Waals surface area contributed by atoms with Crippen LogP contribution in [0.2, 0.25) is 5.04 Å².